The van der Waals surface area contributed by atoms with Crippen molar-refractivity contribution in [3.05, 3.63) is 48.8 Å². The fourth-order valence-electron chi connectivity index (χ4n) is 3.09. The summed E-state index contributed by atoms with van der Waals surface area (Å²) in [6, 6.07) is 11.0. The van der Waals surface area contributed by atoms with Gasteiger partial charge < -0.3 is 14.5 Å². The van der Waals surface area contributed by atoms with Crippen molar-refractivity contribution in [1.29, 1.82) is 0 Å². The summed E-state index contributed by atoms with van der Waals surface area (Å²) in [5, 5.41) is 0. The lowest BCUT2D eigenvalue weighted by Crippen LogP contribution is -2.46. The summed E-state index contributed by atoms with van der Waals surface area (Å²) in [7, 11) is 3.31. The molecule has 0 radical (unpaired) electrons. The zero-order valence-corrected chi connectivity index (χ0v) is 14.4. The molecule has 2 amide bonds. The van der Waals surface area contributed by atoms with Crippen molar-refractivity contribution in [1.82, 2.24) is 4.98 Å². The fraction of sp³-hybridized carbons (Fsp3) is 0.316. The smallest absolute Gasteiger partial charge is 0.231 e. The minimum absolute atomic E-state index is 0.0116. The summed E-state index contributed by atoms with van der Waals surface area (Å²) in [6.45, 7) is 0.350. The SMILES string of the molecule is COc1ccccc1N1CC(C(=O)N(C)c2cccnc2)CCC1=O. The highest BCUT2D eigenvalue weighted by Crippen LogP contribution is 2.32. The van der Waals surface area contributed by atoms with E-state index in [2.05, 4.69) is 4.98 Å². The quantitative estimate of drug-likeness (QED) is 0.859. The van der Waals surface area contributed by atoms with Gasteiger partial charge in [-0.05, 0) is 30.7 Å². The third-order valence-electron chi connectivity index (χ3n) is 4.50. The Labute approximate surface area is 147 Å². The summed E-state index contributed by atoms with van der Waals surface area (Å²) in [4.78, 5) is 32.6. The Morgan fingerprint density at radius 1 is 1.28 bits per heavy atom. The molecular weight excluding hydrogens is 318 g/mol. The van der Waals surface area contributed by atoms with Gasteiger partial charge in [0.05, 0.1) is 30.6 Å². The molecule has 2 aromatic rings. The van der Waals surface area contributed by atoms with Gasteiger partial charge in [0.2, 0.25) is 11.8 Å². The Morgan fingerprint density at radius 3 is 2.80 bits per heavy atom. The van der Waals surface area contributed by atoms with E-state index in [1.54, 1.807) is 42.4 Å². The first-order valence-electron chi connectivity index (χ1n) is 8.22. The first kappa shape index (κ1) is 17.0. The van der Waals surface area contributed by atoms with Gasteiger partial charge >= 0.3 is 0 Å². The minimum Gasteiger partial charge on any atom is -0.495 e. The predicted molar refractivity (Wildman–Crippen MR) is 95.7 cm³/mol. The molecule has 6 heteroatoms. The fourth-order valence-corrected chi connectivity index (χ4v) is 3.09. The van der Waals surface area contributed by atoms with Crippen molar-refractivity contribution < 1.29 is 14.3 Å². The number of anilines is 2. The van der Waals surface area contributed by atoms with Crippen molar-refractivity contribution in [2.75, 3.05) is 30.5 Å². The summed E-state index contributed by atoms with van der Waals surface area (Å²) in [5.74, 6) is 0.371. The van der Waals surface area contributed by atoms with Crippen LogP contribution in [0, 0.1) is 5.92 Å². The van der Waals surface area contributed by atoms with Crippen LogP contribution in [0.5, 0.6) is 5.75 Å². The van der Waals surface area contributed by atoms with E-state index in [-0.39, 0.29) is 17.7 Å². The monoisotopic (exact) mass is 339 g/mol. The van der Waals surface area contributed by atoms with Crippen LogP contribution in [0.3, 0.4) is 0 Å². The summed E-state index contributed by atoms with van der Waals surface area (Å²) < 4.78 is 5.36. The lowest BCUT2D eigenvalue weighted by atomic mass is 9.95. The molecule has 25 heavy (non-hydrogen) atoms. The van der Waals surface area contributed by atoms with Crippen LogP contribution in [-0.2, 0) is 9.59 Å². The van der Waals surface area contributed by atoms with Crippen LogP contribution in [0.15, 0.2) is 48.8 Å². The van der Waals surface area contributed by atoms with E-state index in [4.69, 9.17) is 4.74 Å². The number of aromatic nitrogens is 1. The number of ether oxygens (including phenoxy) is 1. The van der Waals surface area contributed by atoms with Gasteiger partial charge in [-0.25, -0.2) is 0 Å². The second kappa shape index (κ2) is 7.34. The average molecular weight is 339 g/mol. The maximum Gasteiger partial charge on any atom is 0.231 e. The molecule has 0 saturated carbocycles. The molecule has 2 heterocycles. The molecule has 1 atom stereocenters. The van der Waals surface area contributed by atoms with E-state index in [9.17, 15) is 9.59 Å². The molecule has 1 fully saturated rings. The number of carbonyl (C=O) groups is 2. The lowest BCUT2D eigenvalue weighted by molar-refractivity contribution is -0.125. The summed E-state index contributed by atoms with van der Waals surface area (Å²) in [6.07, 6.45) is 4.22. The van der Waals surface area contributed by atoms with Crippen LogP contribution in [0.4, 0.5) is 11.4 Å². The zero-order chi connectivity index (χ0) is 17.8. The van der Waals surface area contributed by atoms with Crippen molar-refractivity contribution in [2.24, 2.45) is 5.92 Å². The number of piperidine rings is 1. The molecule has 0 spiro atoms. The molecular formula is C19H21N3O3. The van der Waals surface area contributed by atoms with Gasteiger partial charge in [-0.1, -0.05) is 12.1 Å². The van der Waals surface area contributed by atoms with Crippen LogP contribution in [0.1, 0.15) is 12.8 Å². The lowest BCUT2D eigenvalue weighted by Gasteiger charge is -2.34. The topological polar surface area (TPSA) is 62.7 Å². The van der Waals surface area contributed by atoms with Crippen LogP contribution in [0.2, 0.25) is 0 Å². The first-order chi connectivity index (χ1) is 12.1. The van der Waals surface area contributed by atoms with E-state index in [0.29, 0.717) is 30.8 Å². The van der Waals surface area contributed by atoms with Crippen LogP contribution < -0.4 is 14.5 Å². The maximum absolute atomic E-state index is 12.9. The van der Waals surface area contributed by atoms with Gasteiger partial charge in [0.25, 0.3) is 0 Å². The standard InChI is InChI=1S/C19H21N3O3/c1-21(15-6-5-11-20-12-15)19(24)14-9-10-18(23)22(13-14)16-7-3-4-8-17(16)25-2/h3-8,11-12,14H,9-10,13H2,1-2H3. The molecule has 130 valence electrons. The Hall–Kier alpha value is -2.89. The molecule has 0 bridgehead atoms. The number of para-hydroxylation sites is 2. The van der Waals surface area contributed by atoms with Crippen molar-refractivity contribution in [3.8, 4) is 5.75 Å². The van der Waals surface area contributed by atoms with E-state index in [0.717, 1.165) is 5.69 Å². The predicted octanol–water partition coefficient (Wildman–Crippen LogP) is 2.50. The first-order valence-corrected chi connectivity index (χ1v) is 8.22. The average Bonchev–Trinajstić information content (AvgIpc) is 2.68. The highest BCUT2D eigenvalue weighted by Gasteiger charge is 2.34. The largest absolute Gasteiger partial charge is 0.495 e. The van der Waals surface area contributed by atoms with Crippen LogP contribution in [0.25, 0.3) is 0 Å². The Bertz CT molecular complexity index is 764. The zero-order valence-electron chi connectivity index (χ0n) is 14.4. The Morgan fingerprint density at radius 2 is 2.08 bits per heavy atom. The van der Waals surface area contributed by atoms with Gasteiger partial charge in [-0.3, -0.25) is 14.6 Å². The van der Waals surface area contributed by atoms with Crippen molar-refractivity contribution >= 4 is 23.2 Å². The van der Waals surface area contributed by atoms with E-state index < -0.39 is 0 Å². The number of rotatable bonds is 4. The van der Waals surface area contributed by atoms with E-state index in [1.807, 2.05) is 30.3 Å². The Kier molecular flexibility index (Phi) is 4.97. The Balaban J connectivity index is 1.80. The third-order valence-corrected chi connectivity index (χ3v) is 4.50. The van der Waals surface area contributed by atoms with Crippen LogP contribution >= 0.6 is 0 Å². The molecule has 6 nitrogen and oxygen atoms in total. The molecule has 3 rings (SSSR count). The van der Waals surface area contributed by atoms with E-state index >= 15 is 0 Å². The number of hydrogen-bond donors (Lipinski definition) is 0. The molecule has 0 aliphatic carbocycles. The van der Waals surface area contributed by atoms with Gasteiger partial charge in [0.15, 0.2) is 0 Å². The van der Waals surface area contributed by atoms with Crippen LogP contribution in [-0.4, -0.2) is 37.5 Å². The molecule has 0 N–H and O–H groups in total. The van der Waals surface area contributed by atoms with Gasteiger partial charge in [0.1, 0.15) is 5.75 Å². The highest BCUT2D eigenvalue weighted by molar-refractivity contribution is 6.00. The normalized spacial score (nSPS) is 17.3. The minimum atomic E-state index is -0.257. The van der Waals surface area contributed by atoms with Gasteiger partial charge in [-0.2, -0.15) is 0 Å². The van der Waals surface area contributed by atoms with E-state index in [1.165, 1.54) is 0 Å². The van der Waals surface area contributed by atoms with Gasteiger partial charge in [-0.15, -0.1) is 0 Å². The molecule has 1 aromatic heterocycles. The second-order valence-corrected chi connectivity index (χ2v) is 6.02. The summed E-state index contributed by atoms with van der Waals surface area (Å²) >= 11 is 0. The second-order valence-electron chi connectivity index (χ2n) is 6.02. The number of methoxy groups -OCH3 is 1. The highest BCUT2D eigenvalue weighted by atomic mass is 16.5. The molecule has 1 saturated heterocycles. The van der Waals surface area contributed by atoms with Gasteiger partial charge in [0, 0.05) is 26.2 Å². The number of benzene rings is 1. The van der Waals surface area contributed by atoms with Crippen molar-refractivity contribution in [2.45, 2.75) is 12.8 Å². The molecule has 1 aromatic carbocycles. The number of hydrogen-bond acceptors (Lipinski definition) is 4. The number of pyridine rings is 1. The number of nitrogens with zero attached hydrogens (tertiary/aromatic N) is 3. The number of amides is 2. The molecule has 1 aliphatic heterocycles. The molecule has 1 aliphatic rings. The third kappa shape index (κ3) is 3.47. The molecule has 1 unspecified atom stereocenters. The summed E-state index contributed by atoms with van der Waals surface area (Å²) in [5.41, 5.74) is 1.45. The maximum atomic E-state index is 12.9. The number of carbonyl (C=O) groups excluding carboxylic acids is 2. The van der Waals surface area contributed by atoms with Crippen molar-refractivity contribution in [3.63, 3.8) is 0 Å².